The number of hydrogen-bond acceptors (Lipinski definition) is 4. The number of ether oxygens (including phenoxy) is 1. The summed E-state index contributed by atoms with van der Waals surface area (Å²) in [4.78, 5) is 4.55. The van der Waals surface area contributed by atoms with E-state index in [1.165, 1.54) is 24.7 Å². The minimum atomic E-state index is -3.53. The minimum Gasteiger partial charge on any atom is -0.383 e. The van der Waals surface area contributed by atoms with Gasteiger partial charge in [-0.05, 0) is 60.2 Å². The van der Waals surface area contributed by atoms with Crippen molar-refractivity contribution < 1.29 is 13.2 Å². The zero-order valence-corrected chi connectivity index (χ0v) is 16.8. The predicted octanol–water partition coefficient (Wildman–Crippen LogP) is 2.03. The number of fused-ring (bicyclic) bond motifs is 1. The zero-order valence-electron chi connectivity index (χ0n) is 15.9. The Labute approximate surface area is 166 Å². The van der Waals surface area contributed by atoms with Crippen LogP contribution in [0.5, 0.6) is 0 Å². The van der Waals surface area contributed by atoms with Gasteiger partial charge in [-0.25, -0.2) is 18.1 Å². The lowest BCUT2D eigenvalue weighted by molar-refractivity contribution is 0.204. The summed E-state index contributed by atoms with van der Waals surface area (Å²) >= 11 is 0. The van der Waals surface area contributed by atoms with Crippen molar-refractivity contribution in [2.75, 3.05) is 25.6 Å². The Hall–Kier alpha value is -2.42. The Morgan fingerprint density at radius 2 is 1.89 bits per heavy atom. The number of nitrogens with one attached hydrogen (secondary N) is 2. The van der Waals surface area contributed by atoms with Gasteiger partial charge in [0.2, 0.25) is 10.0 Å². The number of aliphatic imine (C=N–C) groups is 1. The third-order valence-electron chi connectivity index (χ3n) is 4.63. The smallest absolute Gasteiger partial charge is 0.240 e. The Morgan fingerprint density at radius 1 is 1.14 bits per heavy atom. The van der Waals surface area contributed by atoms with Crippen LogP contribution >= 0.6 is 0 Å². The highest BCUT2D eigenvalue weighted by Gasteiger charge is 2.13. The first-order valence-electron chi connectivity index (χ1n) is 9.24. The van der Waals surface area contributed by atoms with Crippen LogP contribution in [0.4, 0.5) is 5.69 Å². The molecule has 0 aliphatic heterocycles. The first kappa shape index (κ1) is 20.3. The standard InChI is InChI=1S/C20H26N4O3S/c1-27-12-11-23-28(25,26)19-9-5-15(6-10-19)14-22-20(21)24-18-8-7-16-3-2-4-17(16)13-18/h5-10,13,23H,2-4,11-12,14H2,1H3,(H3,21,22,24). The number of hydrogen-bond donors (Lipinski definition) is 3. The molecule has 0 aromatic heterocycles. The average molecular weight is 403 g/mol. The van der Waals surface area contributed by atoms with Gasteiger partial charge in [0.15, 0.2) is 5.96 Å². The second-order valence-corrected chi connectivity index (χ2v) is 8.46. The van der Waals surface area contributed by atoms with E-state index < -0.39 is 10.0 Å². The van der Waals surface area contributed by atoms with E-state index in [1.54, 1.807) is 24.3 Å². The molecule has 2 aromatic rings. The van der Waals surface area contributed by atoms with Crippen molar-refractivity contribution in [3.05, 3.63) is 59.2 Å². The maximum absolute atomic E-state index is 12.1. The molecule has 1 aliphatic carbocycles. The van der Waals surface area contributed by atoms with Crippen molar-refractivity contribution in [3.63, 3.8) is 0 Å². The van der Waals surface area contributed by atoms with Crippen molar-refractivity contribution in [1.82, 2.24) is 4.72 Å². The number of aryl methyl sites for hydroxylation is 2. The topological polar surface area (TPSA) is 106 Å². The number of sulfonamides is 1. The first-order valence-corrected chi connectivity index (χ1v) is 10.7. The van der Waals surface area contributed by atoms with E-state index in [1.807, 2.05) is 6.07 Å². The second kappa shape index (κ2) is 9.18. The molecule has 0 atom stereocenters. The van der Waals surface area contributed by atoms with Gasteiger partial charge in [-0.15, -0.1) is 0 Å². The van der Waals surface area contributed by atoms with Crippen LogP contribution in [0.15, 0.2) is 52.4 Å². The molecule has 150 valence electrons. The molecule has 3 rings (SSSR count). The van der Waals surface area contributed by atoms with Gasteiger partial charge in [0, 0.05) is 19.3 Å². The Bertz CT molecular complexity index is 940. The Morgan fingerprint density at radius 3 is 2.64 bits per heavy atom. The maximum atomic E-state index is 12.1. The molecule has 0 bridgehead atoms. The second-order valence-electron chi connectivity index (χ2n) is 6.70. The van der Waals surface area contributed by atoms with E-state index in [0.29, 0.717) is 19.1 Å². The van der Waals surface area contributed by atoms with Crippen molar-refractivity contribution in [1.29, 1.82) is 0 Å². The monoisotopic (exact) mass is 402 g/mol. The zero-order chi connectivity index (χ0) is 20.0. The molecule has 0 unspecified atom stereocenters. The molecular formula is C20H26N4O3S. The van der Waals surface area contributed by atoms with Crippen molar-refractivity contribution in [2.24, 2.45) is 10.7 Å². The van der Waals surface area contributed by atoms with Crippen LogP contribution in [0.3, 0.4) is 0 Å². The normalized spacial score (nSPS) is 14.1. The Balaban J connectivity index is 1.57. The summed E-state index contributed by atoms with van der Waals surface area (Å²) in [7, 11) is -2.01. The number of methoxy groups -OCH3 is 1. The summed E-state index contributed by atoms with van der Waals surface area (Å²) in [5.74, 6) is 0.330. The van der Waals surface area contributed by atoms with Gasteiger partial charge in [-0.1, -0.05) is 18.2 Å². The van der Waals surface area contributed by atoms with Crippen LogP contribution in [-0.4, -0.2) is 34.6 Å². The first-order chi connectivity index (χ1) is 13.5. The van der Waals surface area contributed by atoms with Gasteiger partial charge in [0.25, 0.3) is 0 Å². The molecule has 8 heteroatoms. The van der Waals surface area contributed by atoms with E-state index in [4.69, 9.17) is 10.5 Å². The highest BCUT2D eigenvalue weighted by Crippen LogP contribution is 2.24. The summed E-state index contributed by atoms with van der Waals surface area (Å²) in [5.41, 5.74) is 10.6. The summed E-state index contributed by atoms with van der Waals surface area (Å²) in [6, 6.07) is 12.9. The highest BCUT2D eigenvalue weighted by atomic mass is 32.2. The molecule has 28 heavy (non-hydrogen) atoms. The molecule has 0 radical (unpaired) electrons. The fourth-order valence-corrected chi connectivity index (χ4v) is 4.16. The van der Waals surface area contributed by atoms with Gasteiger partial charge in [-0.2, -0.15) is 0 Å². The number of nitrogens with two attached hydrogens (primary N) is 1. The van der Waals surface area contributed by atoms with E-state index >= 15 is 0 Å². The third-order valence-corrected chi connectivity index (χ3v) is 6.11. The van der Waals surface area contributed by atoms with Crippen LogP contribution < -0.4 is 15.8 Å². The lowest BCUT2D eigenvalue weighted by Gasteiger charge is -2.09. The van der Waals surface area contributed by atoms with Crippen LogP contribution in [0, 0.1) is 0 Å². The van der Waals surface area contributed by atoms with Crippen molar-refractivity contribution in [3.8, 4) is 0 Å². The van der Waals surface area contributed by atoms with Gasteiger partial charge in [-0.3, -0.25) is 0 Å². The van der Waals surface area contributed by atoms with Gasteiger partial charge >= 0.3 is 0 Å². The molecular weight excluding hydrogens is 376 g/mol. The fourth-order valence-electron chi connectivity index (χ4n) is 3.15. The summed E-state index contributed by atoms with van der Waals surface area (Å²) in [6.07, 6.45) is 3.46. The van der Waals surface area contributed by atoms with Crippen LogP contribution in [0.2, 0.25) is 0 Å². The van der Waals surface area contributed by atoms with Crippen molar-refractivity contribution >= 4 is 21.7 Å². The van der Waals surface area contributed by atoms with Crippen LogP contribution in [0.25, 0.3) is 0 Å². The Kier molecular flexibility index (Phi) is 6.66. The number of rotatable bonds is 8. The number of anilines is 1. The van der Waals surface area contributed by atoms with E-state index in [0.717, 1.165) is 24.1 Å². The van der Waals surface area contributed by atoms with E-state index in [2.05, 4.69) is 27.2 Å². The summed E-state index contributed by atoms with van der Waals surface area (Å²) < 4.78 is 31.6. The fraction of sp³-hybridized carbons (Fsp3) is 0.350. The molecule has 0 spiro atoms. The van der Waals surface area contributed by atoms with Crippen molar-refractivity contribution in [2.45, 2.75) is 30.7 Å². The number of benzene rings is 2. The molecule has 0 heterocycles. The van der Waals surface area contributed by atoms with Gasteiger partial charge in [0.05, 0.1) is 18.0 Å². The lowest BCUT2D eigenvalue weighted by Crippen LogP contribution is -2.27. The minimum absolute atomic E-state index is 0.209. The molecule has 4 N–H and O–H groups in total. The summed E-state index contributed by atoms with van der Waals surface area (Å²) in [5, 5.41) is 3.12. The maximum Gasteiger partial charge on any atom is 0.240 e. The van der Waals surface area contributed by atoms with Gasteiger partial charge in [0.1, 0.15) is 0 Å². The molecule has 7 nitrogen and oxygen atoms in total. The molecule has 0 saturated carbocycles. The SMILES string of the molecule is COCCNS(=O)(=O)c1ccc(CN=C(N)Nc2ccc3c(c2)CCC3)cc1. The lowest BCUT2D eigenvalue weighted by atomic mass is 10.1. The molecule has 0 saturated heterocycles. The van der Waals surface area contributed by atoms with E-state index in [-0.39, 0.29) is 11.4 Å². The van der Waals surface area contributed by atoms with E-state index in [9.17, 15) is 8.42 Å². The molecule has 1 aliphatic rings. The molecule has 0 fully saturated rings. The molecule has 2 aromatic carbocycles. The summed E-state index contributed by atoms with van der Waals surface area (Å²) in [6.45, 7) is 0.916. The molecule has 0 amide bonds. The number of nitrogens with zero attached hydrogens (tertiary/aromatic N) is 1. The highest BCUT2D eigenvalue weighted by molar-refractivity contribution is 7.89. The quantitative estimate of drug-likeness (QED) is 0.356. The van der Waals surface area contributed by atoms with Crippen LogP contribution in [-0.2, 0) is 34.1 Å². The van der Waals surface area contributed by atoms with Crippen LogP contribution in [0.1, 0.15) is 23.1 Å². The third kappa shape index (κ3) is 5.31. The number of guanidine groups is 1. The predicted molar refractivity (Wildman–Crippen MR) is 111 cm³/mol. The average Bonchev–Trinajstić information content (AvgIpc) is 3.15. The van der Waals surface area contributed by atoms with Gasteiger partial charge < -0.3 is 15.8 Å². The largest absolute Gasteiger partial charge is 0.383 e.